The number of halogens is 1. The van der Waals surface area contributed by atoms with Crippen LogP contribution in [0.2, 0.25) is 0 Å². The fraction of sp³-hybridized carbons (Fsp3) is 0.381. The van der Waals surface area contributed by atoms with Crippen LogP contribution >= 0.6 is 0 Å². The van der Waals surface area contributed by atoms with Crippen molar-refractivity contribution in [3.63, 3.8) is 0 Å². The highest BCUT2D eigenvalue weighted by molar-refractivity contribution is 5.97. The van der Waals surface area contributed by atoms with Crippen LogP contribution in [0.25, 0.3) is 0 Å². The van der Waals surface area contributed by atoms with E-state index in [1.54, 1.807) is 25.2 Å². The first kappa shape index (κ1) is 21.0. The van der Waals surface area contributed by atoms with E-state index in [0.717, 1.165) is 24.5 Å². The third-order valence-corrected chi connectivity index (χ3v) is 5.52. The molecule has 164 valence electrons. The number of amides is 2. The molecule has 2 aromatic rings. The zero-order valence-corrected chi connectivity index (χ0v) is 17.3. The van der Waals surface area contributed by atoms with Gasteiger partial charge in [-0.15, -0.1) is 0 Å². The zero-order valence-electron chi connectivity index (χ0n) is 17.3. The number of aromatic nitrogens is 1. The lowest BCUT2D eigenvalue weighted by atomic mass is 10.1. The lowest BCUT2D eigenvalue weighted by Crippen LogP contribution is -2.46. The van der Waals surface area contributed by atoms with E-state index in [1.807, 2.05) is 13.0 Å². The van der Waals surface area contributed by atoms with Gasteiger partial charge in [-0.1, -0.05) is 6.07 Å². The molecule has 2 amide bonds. The molecule has 1 aromatic carbocycles. The molecule has 0 spiro atoms. The number of nitrogens with one attached hydrogen (secondary N) is 2. The number of aliphatic hydroxyl groups excluding tert-OH is 1. The molecule has 0 radical (unpaired) electrons. The SMILES string of the molecule is CNC(=O)c1ccc(N2CCN(Cc3ccc4c(c3F)NC(=O)[C@@H](O)O4)CC2)c(C)n1. The molecule has 0 bridgehead atoms. The Morgan fingerprint density at radius 2 is 2.03 bits per heavy atom. The van der Waals surface area contributed by atoms with E-state index in [4.69, 9.17) is 4.74 Å². The average molecular weight is 429 g/mol. The van der Waals surface area contributed by atoms with Crippen LogP contribution in [0.1, 0.15) is 21.7 Å². The fourth-order valence-corrected chi connectivity index (χ4v) is 3.83. The number of benzene rings is 1. The van der Waals surface area contributed by atoms with Crippen LogP contribution in [0.5, 0.6) is 5.75 Å². The lowest BCUT2D eigenvalue weighted by Gasteiger charge is -2.36. The van der Waals surface area contributed by atoms with Gasteiger partial charge in [0.2, 0.25) is 0 Å². The molecule has 31 heavy (non-hydrogen) atoms. The molecule has 9 nitrogen and oxygen atoms in total. The molecule has 0 saturated carbocycles. The summed E-state index contributed by atoms with van der Waals surface area (Å²) in [4.78, 5) is 32.1. The number of hydrogen-bond acceptors (Lipinski definition) is 7. The van der Waals surface area contributed by atoms with Gasteiger partial charge in [-0.25, -0.2) is 9.37 Å². The van der Waals surface area contributed by atoms with Gasteiger partial charge in [-0.05, 0) is 25.1 Å². The minimum absolute atomic E-state index is 0.0376. The van der Waals surface area contributed by atoms with Gasteiger partial charge in [-0.3, -0.25) is 14.5 Å². The molecular formula is C21H24FN5O4. The molecule has 1 aromatic heterocycles. The third-order valence-electron chi connectivity index (χ3n) is 5.52. The molecule has 1 saturated heterocycles. The van der Waals surface area contributed by atoms with Gasteiger partial charge < -0.3 is 25.4 Å². The average Bonchev–Trinajstić information content (AvgIpc) is 2.77. The standard InChI is InChI=1S/C21H24FN5O4/c1-12-15(5-4-14(24-12)19(28)23-2)27-9-7-26(8-10-27)11-13-3-6-16-18(17(13)22)25-20(29)21(30)31-16/h3-6,21,30H,7-11H2,1-2H3,(H,23,28)(H,25,29)/t21-/m0/s1. The Bertz CT molecular complexity index is 1020. The number of carbonyl (C=O) groups is 2. The van der Waals surface area contributed by atoms with E-state index >= 15 is 0 Å². The summed E-state index contributed by atoms with van der Waals surface area (Å²) in [7, 11) is 1.57. The van der Waals surface area contributed by atoms with Crippen molar-refractivity contribution in [1.82, 2.24) is 15.2 Å². The number of hydrogen-bond donors (Lipinski definition) is 3. The summed E-state index contributed by atoms with van der Waals surface area (Å²) in [5, 5.41) is 14.4. The highest BCUT2D eigenvalue weighted by atomic mass is 19.1. The molecule has 2 aliphatic rings. The van der Waals surface area contributed by atoms with Crippen LogP contribution in [0.4, 0.5) is 15.8 Å². The van der Waals surface area contributed by atoms with Gasteiger partial charge in [0.05, 0.1) is 11.4 Å². The Labute approximate surface area is 178 Å². The fourth-order valence-electron chi connectivity index (χ4n) is 3.83. The van der Waals surface area contributed by atoms with Crippen molar-refractivity contribution in [3.05, 3.63) is 47.0 Å². The summed E-state index contributed by atoms with van der Waals surface area (Å²) in [6.07, 6.45) is -1.63. The predicted octanol–water partition coefficient (Wildman–Crippen LogP) is 0.860. The second-order valence-corrected chi connectivity index (χ2v) is 7.51. The van der Waals surface area contributed by atoms with Gasteiger partial charge >= 0.3 is 0 Å². The topological polar surface area (TPSA) is 107 Å². The van der Waals surface area contributed by atoms with Gasteiger partial charge in [0, 0.05) is 45.3 Å². The van der Waals surface area contributed by atoms with Crippen molar-refractivity contribution in [2.45, 2.75) is 19.8 Å². The molecular weight excluding hydrogens is 405 g/mol. The highest BCUT2D eigenvalue weighted by Gasteiger charge is 2.29. The summed E-state index contributed by atoms with van der Waals surface area (Å²) in [6.45, 7) is 5.17. The monoisotopic (exact) mass is 429 g/mol. The summed E-state index contributed by atoms with van der Waals surface area (Å²) >= 11 is 0. The van der Waals surface area contributed by atoms with Crippen LogP contribution in [0.15, 0.2) is 24.3 Å². The van der Waals surface area contributed by atoms with Gasteiger partial charge in [-0.2, -0.15) is 0 Å². The second-order valence-electron chi connectivity index (χ2n) is 7.51. The van der Waals surface area contributed by atoms with Crippen LogP contribution in [-0.2, 0) is 11.3 Å². The summed E-state index contributed by atoms with van der Waals surface area (Å²) < 4.78 is 19.9. The number of aliphatic hydroxyl groups is 1. The lowest BCUT2D eigenvalue weighted by molar-refractivity contribution is -0.139. The van der Waals surface area contributed by atoms with E-state index in [1.165, 1.54) is 0 Å². The Balaban J connectivity index is 1.41. The first-order valence-electron chi connectivity index (χ1n) is 10.0. The Kier molecular flexibility index (Phi) is 5.75. The normalized spacial score (nSPS) is 18.8. The summed E-state index contributed by atoms with van der Waals surface area (Å²) in [5.74, 6) is -1.45. The van der Waals surface area contributed by atoms with Gasteiger partial charge in [0.1, 0.15) is 17.1 Å². The first-order chi connectivity index (χ1) is 14.9. The molecule has 1 fully saturated rings. The molecule has 3 heterocycles. The number of pyridine rings is 1. The number of aryl methyl sites for hydroxylation is 1. The minimum Gasteiger partial charge on any atom is -0.453 e. The Morgan fingerprint density at radius 1 is 1.29 bits per heavy atom. The summed E-state index contributed by atoms with van der Waals surface area (Å²) in [6, 6.07) is 6.78. The van der Waals surface area contributed by atoms with E-state index in [0.29, 0.717) is 30.9 Å². The number of nitrogens with zero attached hydrogens (tertiary/aromatic N) is 3. The van der Waals surface area contributed by atoms with Gasteiger partial charge in [0.15, 0.2) is 5.82 Å². The molecule has 3 N–H and O–H groups in total. The van der Waals surface area contributed by atoms with E-state index in [9.17, 15) is 19.1 Å². The van der Waals surface area contributed by atoms with E-state index in [-0.39, 0.29) is 17.3 Å². The van der Waals surface area contributed by atoms with Crippen molar-refractivity contribution >= 4 is 23.2 Å². The van der Waals surface area contributed by atoms with Crippen molar-refractivity contribution in [2.24, 2.45) is 0 Å². The van der Waals surface area contributed by atoms with Crippen molar-refractivity contribution in [3.8, 4) is 5.75 Å². The molecule has 0 unspecified atom stereocenters. The largest absolute Gasteiger partial charge is 0.453 e. The summed E-state index contributed by atoms with van der Waals surface area (Å²) in [5.41, 5.74) is 2.55. The van der Waals surface area contributed by atoms with Crippen LogP contribution in [0.3, 0.4) is 0 Å². The van der Waals surface area contributed by atoms with E-state index < -0.39 is 18.0 Å². The predicted molar refractivity (Wildman–Crippen MR) is 112 cm³/mol. The highest BCUT2D eigenvalue weighted by Crippen LogP contribution is 2.34. The number of anilines is 2. The Morgan fingerprint density at radius 3 is 2.71 bits per heavy atom. The number of piperazine rings is 1. The molecule has 10 heteroatoms. The Hall–Kier alpha value is -3.24. The van der Waals surface area contributed by atoms with Crippen LogP contribution in [-0.4, -0.2) is 66.3 Å². The number of carbonyl (C=O) groups excluding carboxylic acids is 2. The molecule has 0 aliphatic carbocycles. The number of ether oxygens (including phenoxy) is 1. The maximum absolute atomic E-state index is 14.9. The van der Waals surface area contributed by atoms with E-state index in [2.05, 4.69) is 25.4 Å². The third kappa shape index (κ3) is 4.17. The molecule has 4 rings (SSSR count). The van der Waals surface area contributed by atoms with Gasteiger partial charge in [0.25, 0.3) is 18.1 Å². The molecule has 2 aliphatic heterocycles. The second kappa shape index (κ2) is 8.48. The van der Waals surface area contributed by atoms with Crippen molar-refractivity contribution in [2.75, 3.05) is 43.4 Å². The maximum Gasteiger partial charge on any atom is 0.293 e. The number of fused-ring (bicyclic) bond motifs is 1. The smallest absolute Gasteiger partial charge is 0.293 e. The van der Waals surface area contributed by atoms with Crippen LogP contribution < -0.4 is 20.3 Å². The first-order valence-corrected chi connectivity index (χ1v) is 10.0. The maximum atomic E-state index is 14.9. The minimum atomic E-state index is -1.63. The molecule has 1 atom stereocenters. The van der Waals surface area contributed by atoms with Crippen LogP contribution in [0, 0.1) is 12.7 Å². The quantitative estimate of drug-likeness (QED) is 0.662. The van der Waals surface area contributed by atoms with Crippen molar-refractivity contribution in [1.29, 1.82) is 0 Å². The van der Waals surface area contributed by atoms with Crippen molar-refractivity contribution < 1.29 is 23.8 Å². The number of rotatable bonds is 4. The zero-order chi connectivity index (χ0) is 22.1.